The summed E-state index contributed by atoms with van der Waals surface area (Å²) < 4.78 is 56.6. The number of carbonyl (C=O) groups is 1. The van der Waals surface area contributed by atoms with Crippen LogP contribution < -0.4 is 14.4 Å². The summed E-state index contributed by atoms with van der Waals surface area (Å²) in [6, 6.07) is 20.1. The first kappa shape index (κ1) is 25.3. The van der Waals surface area contributed by atoms with Crippen molar-refractivity contribution in [2.24, 2.45) is 0 Å². The normalized spacial score (nSPS) is 12.6. The molecule has 0 heterocycles. The van der Waals surface area contributed by atoms with Gasteiger partial charge in [0.1, 0.15) is 12.3 Å². The van der Waals surface area contributed by atoms with E-state index in [0.29, 0.717) is 11.3 Å². The molecule has 180 valence electrons. The van der Waals surface area contributed by atoms with Crippen LogP contribution in [0.15, 0.2) is 88.7 Å². The summed E-state index contributed by atoms with van der Waals surface area (Å²) in [7, 11) is -5.99. The molecule has 3 aromatic rings. The molecule has 0 aliphatic carbocycles. The lowest BCUT2D eigenvalue weighted by Gasteiger charge is -2.26. The van der Waals surface area contributed by atoms with Crippen molar-refractivity contribution in [3.8, 4) is 5.75 Å². The molecule has 3 aromatic carbocycles. The van der Waals surface area contributed by atoms with Crippen molar-refractivity contribution in [1.82, 2.24) is 5.32 Å². The summed E-state index contributed by atoms with van der Waals surface area (Å²) in [5.41, 5.74) is 0.907. The maximum Gasteiger partial charge on any atom is 0.264 e. The highest BCUT2D eigenvalue weighted by molar-refractivity contribution is 7.93. The molecule has 8 nitrogen and oxygen atoms in total. The lowest BCUT2D eigenvalue weighted by atomic mass is 10.1. The minimum Gasteiger partial charge on any atom is -0.495 e. The number of sulfonamides is 1. The summed E-state index contributed by atoms with van der Waals surface area (Å²) in [5.74, 6) is -0.232. The second kappa shape index (κ2) is 10.3. The molecule has 0 aliphatic heterocycles. The fourth-order valence-corrected chi connectivity index (χ4v) is 5.44. The number of anilines is 1. The van der Waals surface area contributed by atoms with Gasteiger partial charge in [0.15, 0.2) is 9.84 Å². The number of nitrogens with zero attached hydrogens (tertiary/aromatic N) is 1. The van der Waals surface area contributed by atoms with Crippen LogP contribution in [-0.4, -0.2) is 42.7 Å². The summed E-state index contributed by atoms with van der Waals surface area (Å²) in [4.78, 5) is 13.2. The molecule has 34 heavy (non-hydrogen) atoms. The van der Waals surface area contributed by atoms with Gasteiger partial charge < -0.3 is 10.1 Å². The van der Waals surface area contributed by atoms with Crippen LogP contribution in [0.3, 0.4) is 0 Å². The second-order valence-electron chi connectivity index (χ2n) is 7.63. The number of rotatable bonds is 9. The quantitative estimate of drug-likeness (QED) is 0.481. The first-order valence-corrected chi connectivity index (χ1v) is 13.7. The van der Waals surface area contributed by atoms with Crippen molar-refractivity contribution in [1.29, 1.82) is 0 Å². The van der Waals surface area contributed by atoms with E-state index in [1.165, 1.54) is 31.4 Å². The van der Waals surface area contributed by atoms with Crippen molar-refractivity contribution in [2.75, 3.05) is 24.2 Å². The van der Waals surface area contributed by atoms with E-state index in [0.717, 1.165) is 10.6 Å². The Kier molecular flexibility index (Phi) is 7.63. The van der Waals surface area contributed by atoms with E-state index in [-0.39, 0.29) is 15.5 Å². The van der Waals surface area contributed by atoms with Crippen LogP contribution in [-0.2, 0) is 24.7 Å². The molecule has 0 aliphatic rings. The van der Waals surface area contributed by atoms with Crippen molar-refractivity contribution >= 4 is 31.5 Å². The Morgan fingerprint density at radius 1 is 0.882 bits per heavy atom. The highest BCUT2D eigenvalue weighted by atomic mass is 32.2. The molecular weight excluding hydrogens is 476 g/mol. The predicted molar refractivity (Wildman–Crippen MR) is 130 cm³/mol. The fourth-order valence-electron chi connectivity index (χ4n) is 3.36. The Labute approximate surface area is 200 Å². The minimum atomic E-state index is -4.08. The zero-order valence-electron chi connectivity index (χ0n) is 19.0. The van der Waals surface area contributed by atoms with Crippen LogP contribution in [0.4, 0.5) is 5.69 Å². The Balaban J connectivity index is 1.88. The molecule has 0 saturated heterocycles. The molecule has 0 saturated carbocycles. The highest BCUT2D eigenvalue weighted by Crippen LogP contribution is 2.32. The molecular formula is C24H26N2O6S2. The molecule has 1 atom stereocenters. The first-order valence-electron chi connectivity index (χ1n) is 10.3. The van der Waals surface area contributed by atoms with Crippen LogP contribution >= 0.6 is 0 Å². The van der Waals surface area contributed by atoms with E-state index in [1.54, 1.807) is 61.5 Å². The van der Waals surface area contributed by atoms with Crippen molar-refractivity contribution in [3.63, 3.8) is 0 Å². The zero-order valence-corrected chi connectivity index (χ0v) is 20.6. The Morgan fingerprint density at radius 2 is 1.47 bits per heavy atom. The number of nitrogens with one attached hydrogen (secondary N) is 1. The largest absolute Gasteiger partial charge is 0.495 e. The average molecular weight is 503 g/mol. The van der Waals surface area contributed by atoms with Crippen molar-refractivity contribution in [3.05, 3.63) is 84.4 Å². The number of methoxy groups -OCH3 is 1. The standard InChI is InChI=1S/C24H26N2O6S2/c1-18(19-13-15-20(16-14-19)33(3,28)29)25-24(27)17-26(22-11-7-8-12-23(22)32-2)34(30,31)21-9-5-4-6-10-21/h4-16,18H,17H2,1-3H3,(H,25,27)/t18-/m1/s1. The van der Waals surface area contributed by atoms with Crippen LogP contribution in [0, 0.1) is 0 Å². The molecule has 3 rings (SSSR count). The van der Waals surface area contributed by atoms with Crippen LogP contribution in [0.5, 0.6) is 5.75 Å². The van der Waals surface area contributed by atoms with Gasteiger partial charge in [0, 0.05) is 6.26 Å². The number of hydrogen-bond donors (Lipinski definition) is 1. The van der Waals surface area contributed by atoms with E-state index in [4.69, 9.17) is 4.74 Å². The van der Waals surface area contributed by atoms with Gasteiger partial charge in [-0.25, -0.2) is 16.8 Å². The van der Waals surface area contributed by atoms with Crippen LogP contribution in [0.1, 0.15) is 18.5 Å². The third kappa shape index (κ3) is 5.75. The predicted octanol–water partition coefficient (Wildman–Crippen LogP) is 3.17. The molecule has 1 amide bonds. The van der Waals surface area contributed by atoms with Crippen molar-refractivity contribution < 1.29 is 26.4 Å². The number of benzene rings is 3. The average Bonchev–Trinajstić information content (AvgIpc) is 2.82. The molecule has 0 unspecified atom stereocenters. The SMILES string of the molecule is COc1ccccc1N(CC(=O)N[C@H](C)c1ccc(S(C)(=O)=O)cc1)S(=O)(=O)c1ccccc1. The van der Waals surface area contributed by atoms with E-state index < -0.39 is 38.4 Å². The topological polar surface area (TPSA) is 110 Å². The van der Waals surface area contributed by atoms with Gasteiger partial charge in [-0.05, 0) is 48.9 Å². The fraction of sp³-hybridized carbons (Fsp3) is 0.208. The van der Waals surface area contributed by atoms with Gasteiger partial charge in [-0.15, -0.1) is 0 Å². The molecule has 0 aromatic heterocycles. The molecule has 1 N–H and O–H groups in total. The summed E-state index contributed by atoms with van der Waals surface area (Å²) in [6.07, 6.45) is 1.12. The van der Waals surface area contributed by atoms with E-state index in [9.17, 15) is 21.6 Å². The minimum absolute atomic E-state index is 0.0399. The Hall–Kier alpha value is -3.37. The van der Waals surface area contributed by atoms with Gasteiger partial charge in [-0.1, -0.05) is 42.5 Å². The monoisotopic (exact) mass is 502 g/mol. The molecule has 0 spiro atoms. The van der Waals surface area contributed by atoms with Crippen LogP contribution in [0.2, 0.25) is 0 Å². The Bertz CT molecular complexity index is 1360. The zero-order chi connectivity index (χ0) is 24.9. The lowest BCUT2D eigenvalue weighted by Crippen LogP contribution is -2.41. The van der Waals surface area contributed by atoms with Crippen LogP contribution in [0.25, 0.3) is 0 Å². The van der Waals surface area contributed by atoms with E-state index in [1.807, 2.05) is 0 Å². The number of carbonyl (C=O) groups excluding carboxylic acids is 1. The molecule has 0 radical (unpaired) electrons. The van der Waals surface area contributed by atoms with Gasteiger partial charge in [-0.2, -0.15) is 0 Å². The van der Waals surface area contributed by atoms with Gasteiger partial charge >= 0.3 is 0 Å². The number of hydrogen-bond acceptors (Lipinski definition) is 6. The molecule has 0 fully saturated rings. The third-order valence-corrected chi connectivity index (χ3v) is 8.06. The number of ether oxygens (including phenoxy) is 1. The summed E-state index contributed by atoms with van der Waals surface area (Å²) in [6.45, 7) is 1.25. The number of amides is 1. The highest BCUT2D eigenvalue weighted by Gasteiger charge is 2.29. The van der Waals surface area contributed by atoms with Gasteiger partial charge in [0.25, 0.3) is 10.0 Å². The number of para-hydroxylation sites is 2. The second-order valence-corrected chi connectivity index (χ2v) is 11.5. The van der Waals surface area contributed by atoms with Gasteiger partial charge in [-0.3, -0.25) is 9.10 Å². The molecule has 0 bridgehead atoms. The maximum absolute atomic E-state index is 13.5. The number of sulfone groups is 1. The van der Waals surface area contributed by atoms with Gasteiger partial charge in [0.05, 0.1) is 28.6 Å². The third-order valence-electron chi connectivity index (χ3n) is 5.16. The Morgan fingerprint density at radius 3 is 2.06 bits per heavy atom. The first-order chi connectivity index (χ1) is 16.0. The smallest absolute Gasteiger partial charge is 0.264 e. The molecule has 10 heteroatoms. The van der Waals surface area contributed by atoms with Gasteiger partial charge in [0.2, 0.25) is 5.91 Å². The van der Waals surface area contributed by atoms with E-state index >= 15 is 0 Å². The summed E-state index contributed by atoms with van der Waals surface area (Å²) in [5, 5.41) is 2.78. The van der Waals surface area contributed by atoms with E-state index in [2.05, 4.69) is 5.32 Å². The van der Waals surface area contributed by atoms with Crippen molar-refractivity contribution in [2.45, 2.75) is 22.8 Å². The maximum atomic E-state index is 13.5. The summed E-state index contributed by atoms with van der Waals surface area (Å²) >= 11 is 0. The lowest BCUT2D eigenvalue weighted by molar-refractivity contribution is -0.120.